The van der Waals surface area contributed by atoms with Crippen LogP contribution >= 0.6 is 0 Å². The maximum atomic E-state index is 15.6. The molecule has 338 valence electrons. The van der Waals surface area contributed by atoms with Crippen LogP contribution in [0, 0.1) is 6.92 Å². The monoisotopic (exact) mass is 905 g/mol. The Labute approximate surface area is 409 Å². The van der Waals surface area contributed by atoms with Crippen molar-refractivity contribution in [1.82, 2.24) is 4.40 Å². The van der Waals surface area contributed by atoms with Gasteiger partial charge in [-0.3, -0.25) is 0 Å². The molecule has 1 aliphatic carbocycles. The minimum atomic E-state index is -0.517. The number of aromatic nitrogens is 3. The highest BCUT2D eigenvalue weighted by atomic mass is 16.1. The summed E-state index contributed by atoms with van der Waals surface area (Å²) in [4.78, 5) is 15.6. The van der Waals surface area contributed by atoms with Gasteiger partial charge < -0.3 is 0 Å². The van der Waals surface area contributed by atoms with Crippen molar-refractivity contribution in [3.05, 3.63) is 239 Å². The third-order valence-corrected chi connectivity index (χ3v) is 16.3. The summed E-state index contributed by atoms with van der Waals surface area (Å²) in [6, 6.07) is 64.6. The first-order valence-corrected chi connectivity index (χ1v) is 25.3. The van der Waals surface area contributed by atoms with Gasteiger partial charge in [0.25, 0.3) is 5.65 Å². The molecule has 5 heterocycles. The van der Waals surface area contributed by atoms with E-state index in [1.54, 1.807) is 0 Å². The Morgan fingerprint density at radius 1 is 0.586 bits per heavy atom. The Morgan fingerprint density at radius 2 is 1.24 bits per heavy atom. The van der Waals surface area contributed by atoms with Gasteiger partial charge in [-0.05, 0) is 142 Å². The highest BCUT2D eigenvalue weighted by Gasteiger charge is 2.55. The fourth-order valence-corrected chi connectivity index (χ4v) is 12.9. The van der Waals surface area contributed by atoms with E-state index in [4.69, 9.17) is 0 Å². The maximum Gasteiger partial charge on any atom is 0.346 e. The van der Waals surface area contributed by atoms with E-state index in [0.29, 0.717) is 0 Å². The summed E-state index contributed by atoms with van der Waals surface area (Å²) in [6.07, 6.45) is 15.3. The Morgan fingerprint density at radius 3 is 2.06 bits per heavy atom. The lowest BCUT2D eigenvalue weighted by molar-refractivity contribution is -0.765. The second-order valence-electron chi connectivity index (χ2n) is 19.8. The number of fused-ring (bicyclic) bond motifs is 5. The fourth-order valence-electron chi connectivity index (χ4n) is 12.9. The van der Waals surface area contributed by atoms with Crippen LogP contribution in [0.4, 0.5) is 0 Å². The van der Waals surface area contributed by atoms with Gasteiger partial charge in [0.1, 0.15) is 22.6 Å². The first kappa shape index (κ1) is 42.2. The van der Waals surface area contributed by atoms with Crippen LogP contribution in [0.2, 0.25) is 0 Å². The number of rotatable bonds is 8. The zero-order valence-electron chi connectivity index (χ0n) is 40.1. The molecule has 0 saturated heterocycles. The average Bonchev–Trinajstić information content (AvgIpc) is 3.43. The molecular formula is C66H55N3O+2. The van der Waals surface area contributed by atoms with Crippen molar-refractivity contribution in [2.24, 2.45) is 0 Å². The number of aryl methyl sites for hydroxylation is 1. The van der Waals surface area contributed by atoms with E-state index in [-0.39, 0.29) is 17.4 Å². The lowest BCUT2D eigenvalue weighted by Crippen LogP contribution is -2.70. The molecule has 3 aliphatic rings. The predicted octanol–water partition coefficient (Wildman–Crippen LogP) is 15.0. The highest BCUT2D eigenvalue weighted by molar-refractivity contribution is 6.06. The quantitative estimate of drug-likeness (QED) is 0.110. The van der Waals surface area contributed by atoms with Gasteiger partial charge in [-0.15, -0.1) is 0 Å². The van der Waals surface area contributed by atoms with Crippen LogP contribution in [0.3, 0.4) is 0 Å². The van der Waals surface area contributed by atoms with E-state index in [1.807, 2.05) is 12.1 Å². The molecule has 2 unspecified atom stereocenters. The van der Waals surface area contributed by atoms with E-state index in [9.17, 15) is 0 Å². The molecule has 2 atom stereocenters. The first-order valence-electron chi connectivity index (χ1n) is 25.3. The molecule has 0 spiro atoms. The smallest absolute Gasteiger partial charge is 0.241 e. The number of allylic oxidation sites excluding steroid dienone is 4. The molecule has 7 aromatic carbocycles. The summed E-state index contributed by atoms with van der Waals surface area (Å²) in [6.45, 7) is 7.62. The van der Waals surface area contributed by atoms with Crippen LogP contribution in [0.5, 0.6) is 0 Å². The molecule has 13 rings (SSSR count). The molecule has 4 nitrogen and oxygen atoms in total. The van der Waals surface area contributed by atoms with Crippen molar-refractivity contribution >= 4 is 32.9 Å². The largest absolute Gasteiger partial charge is 0.346 e. The number of hydrogen-bond donors (Lipinski definition) is 0. The van der Waals surface area contributed by atoms with E-state index < -0.39 is 5.54 Å². The Kier molecular flexibility index (Phi) is 10.0. The first-order chi connectivity index (χ1) is 34.4. The number of para-hydroxylation sites is 1. The van der Waals surface area contributed by atoms with Gasteiger partial charge in [0.2, 0.25) is 5.69 Å². The van der Waals surface area contributed by atoms with Crippen molar-refractivity contribution in [3.63, 3.8) is 0 Å². The minimum Gasteiger partial charge on any atom is -0.241 e. The summed E-state index contributed by atoms with van der Waals surface area (Å²) in [7, 11) is 0. The Bertz CT molecular complexity index is 3890. The van der Waals surface area contributed by atoms with E-state index in [1.165, 1.54) is 83.2 Å². The van der Waals surface area contributed by atoms with Crippen LogP contribution in [-0.4, -0.2) is 4.40 Å². The van der Waals surface area contributed by atoms with Gasteiger partial charge in [-0.1, -0.05) is 153 Å². The summed E-state index contributed by atoms with van der Waals surface area (Å²) < 4.78 is 7.11. The Hall–Kier alpha value is -7.95. The van der Waals surface area contributed by atoms with Gasteiger partial charge >= 0.3 is 5.56 Å². The number of benzene rings is 7. The van der Waals surface area contributed by atoms with Gasteiger partial charge in [-0.25, -0.2) is 4.79 Å². The standard InChI is InChI=1S/C66H55N3O/c1-4-66(5-2)63(59-41-67-35-34-48(52-27-13-12-20-43(52)3)40-61(67)54-29-15-14-28-53(54)59)57-32-19-31-55-58(42-68-60-33-17-16-30-56(60)65(70)69(66)64(68)62(55)57)47-26-18-25-46(36-47)51-38-49(44-21-8-6-9-22-44)37-50(39-51)45-23-10-7-11-24-45/h6,8-10,12-40,42,59,63H,4-5,7,11,41H2,1-3H3/q+2. The molecule has 70 heavy (non-hydrogen) atoms. The van der Waals surface area contributed by atoms with Gasteiger partial charge in [-0.2, -0.15) is 13.5 Å². The van der Waals surface area contributed by atoms with Crippen LogP contribution < -0.4 is 14.7 Å². The van der Waals surface area contributed by atoms with Gasteiger partial charge in [0.05, 0.1) is 11.3 Å². The van der Waals surface area contributed by atoms with Crippen molar-refractivity contribution in [2.45, 2.75) is 70.4 Å². The number of pyridine rings is 2. The van der Waals surface area contributed by atoms with Crippen LogP contribution in [-0.2, 0) is 12.1 Å². The fraction of sp³-hybridized carbons (Fsp3) is 0.167. The van der Waals surface area contributed by atoms with Crippen LogP contribution in [0.25, 0.3) is 88.7 Å². The molecule has 10 aromatic rings. The van der Waals surface area contributed by atoms with Crippen molar-refractivity contribution in [2.75, 3.05) is 0 Å². The lowest BCUT2D eigenvalue weighted by Gasteiger charge is -2.45. The predicted molar refractivity (Wildman–Crippen MR) is 288 cm³/mol. The molecule has 2 aliphatic heterocycles. The molecule has 0 fully saturated rings. The number of hydrogen-bond acceptors (Lipinski definition) is 1. The zero-order chi connectivity index (χ0) is 47.1. The molecular weight excluding hydrogens is 851 g/mol. The van der Waals surface area contributed by atoms with Gasteiger partial charge in [0.15, 0.2) is 12.7 Å². The van der Waals surface area contributed by atoms with Gasteiger partial charge in [0, 0.05) is 34.6 Å². The van der Waals surface area contributed by atoms with Crippen molar-refractivity contribution < 1.29 is 9.13 Å². The van der Waals surface area contributed by atoms with E-state index >= 15 is 4.79 Å². The van der Waals surface area contributed by atoms with Crippen molar-refractivity contribution in [1.29, 1.82) is 0 Å². The summed E-state index contributed by atoms with van der Waals surface area (Å²) in [5, 5.41) is 3.08. The van der Waals surface area contributed by atoms with E-state index in [2.05, 4.69) is 229 Å². The molecule has 0 radical (unpaired) electrons. The average molecular weight is 906 g/mol. The second kappa shape index (κ2) is 16.6. The topological polar surface area (TPSA) is 29.2 Å². The molecule has 0 amide bonds. The normalized spacial score (nSPS) is 16.6. The molecule has 0 saturated carbocycles. The second-order valence-corrected chi connectivity index (χ2v) is 19.8. The summed E-state index contributed by atoms with van der Waals surface area (Å²) >= 11 is 0. The van der Waals surface area contributed by atoms with E-state index in [0.717, 1.165) is 59.9 Å². The van der Waals surface area contributed by atoms with Crippen LogP contribution in [0.1, 0.15) is 73.6 Å². The molecule has 3 aromatic heterocycles. The molecule has 4 heteroatoms. The highest BCUT2D eigenvalue weighted by Crippen LogP contribution is 2.54. The zero-order valence-corrected chi connectivity index (χ0v) is 40.1. The maximum absolute atomic E-state index is 15.6. The SMILES string of the molecule is CCC1(CC)C(C2C[n+]3ccc(-c4ccccc4C)cc3-c3ccccc32)c2cccc3c(-c4cccc(-c5cc(C6=CCCC=C6)cc(-c6ccccc6)c5)c4)cn4c5ccccc5c(=O)[n+]1c4c23. The number of nitrogens with zero attached hydrogens (tertiary/aromatic N) is 3. The minimum absolute atomic E-state index is 0.0110. The lowest BCUT2D eigenvalue weighted by atomic mass is 9.63. The molecule has 0 bridgehead atoms. The van der Waals surface area contributed by atoms with Crippen molar-refractivity contribution in [3.8, 4) is 55.8 Å². The summed E-state index contributed by atoms with van der Waals surface area (Å²) in [5.41, 5.74) is 20.0. The summed E-state index contributed by atoms with van der Waals surface area (Å²) in [5.74, 6) is 0.0744. The van der Waals surface area contributed by atoms with Crippen LogP contribution in [0.15, 0.2) is 211 Å². The third kappa shape index (κ3) is 6.46. The Balaban J connectivity index is 1.05. The third-order valence-electron chi connectivity index (χ3n) is 16.3. The molecule has 0 N–H and O–H groups in total.